The van der Waals surface area contributed by atoms with E-state index in [1.165, 1.54) is 0 Å². The molecule has 15 heavy (non-hydrogen) atoms. The Morgan fingerprint density at radius 2 is 1.40 bits per heavy atom. The summed E-state index contributed by atoms with van der Waals surface area (Å²) >= 11 is 0. The molecule has 0 saturated heterocycles. The topological polar surface area (TPSA) is 30.5 Å². The van der Waals surface area contributed by atoms with Crippen LogP contribution < -0.4 is 14.8 Å². The SMILES string of the molecule is COc1cc(NC(C)(C)C)cc(OC)c1. The van der Waals surface area contributed by atoms with Crippen molar-refractivity contribution in [2.24, 2.45) is 0 Å². The molecule has 0 aliphatic heterocycles. The van der Waals surface area contributed by atoms with Gasteiger partial charge in [-0.25, -0.2) is 0 Å². The van der Waals surface area contributed by atoms with Crippen molar-refractivity contribution in [3.05, 3.63) is 18.2 Å². The van der Waals surface area contributed by atoms with E-state index in [0.717, 1.165) is 17.2 Å². The number of hydrogen-bond donors (Lipinski definition) is 1. The summed E-state index contributed by atoms with van der Waals surface area (Å²) in [7, 11) is 3.30. The van der Waals surface area contributed by atoms with Gasteiger partial charge in [-0.3, -0.25) is 0 Å². The molecule has 0 radical (unpaired) electrons. The Bertz CT molecular complexity index is 307. The van der Waals surface area contributed by atoms with Gasteiger partial charge in [-0.2, -0.15) is 0 Å². The van der Waals surface area contributed by atoms with Crippen molar-refractivity contribution in [1.82, 2.24) is 0 Å². The molecule has 3 nitrogen and oxygen atoms in total. The van der Waals surface area contributed by atoms with Gasteiger partial charge in [0.1, 0.15) is 11.5 Å². The molecular formula is C12H19NO2. The normalized spacial score (nSPS) is 11.0. The van der Waals surface area contributed by atoms with Gasteiger partial charge < -0.3 is 14.8 Å². The zero-order valence-electron chi connectivity index (χ0n) is 10.0. The van der Waals surface area contributed by atoms with E-state index in [9.17, 15) is 0 Å². The van der Waals surface area contributed by atoms with E-state index < -0.39 is 0 Å². The van der Waals surface area contributed by atoms with Crippen molar-refractivity contribution >= 4 is 5.69 Å². The largest absolute Gasteiger partial charge is 0.497 e. The van der Waals surface area contributed by atoms with Gasteiger partial charge in [0.25, 0.3) is 0 Å². The van der Waals surface area contributed by atoms with E-state index in [1.807, 2.05) is 18.2 Å². The molecular weight excluding hydrogens is 190 g/mol. The van der Waals surface area contributed by atoms with Crippen LogP contribution in [0.15, 0.2) is 18.2 Å². The van der Waals surface area contributed by atoms with Crippen molar-refractivity contribution < 1.29 is 9.47 Å². The van der Waals surface area contributed by atoms with Crippen LogP contribution in [0.3, 0.4) is 0 Å². The van der Waals surface area contributed by atoms with Crippen molar-refractivity contribution in [1.29, 1.82) is 0 Å². The van der Waals surface area contributed by atoms with Gasteiger partial charge in [-0.1, -0.05) is 0 Å². The van der Waals surface area contributed by atoms with E-state index >= 15 is 0 Å². The minimum absolute atomic E-state index is 0.0252. The molecule has 1 N–H and O–H groups in total. The molecule has 0 aromatic heterocycles. The van der Waals surface area contributed by atoms with Gasteiger partial charge in [-0.15, -0.1) is 0 Å². The van der Waals surface area contributed by atoms with Crippen LogP contribution in [0.2, 0.25) is 0 Å². The Hall–Kier alpha value is -1.38. The molecule has 3 heteroatoms. The van der Waals surface area contributed by atoms with Gasteiger partial charge in [0.15, 0.2) is 0 Å². The van der Waals surface area contributed by atoms with Crippen LogP contribution in [0.25, 0.3) is 0 Å². The fourth-order valence-electron chi connectivity index (χ4n) is 1.31. The van der Waals surface area contributed by atoms with Crippen LogP contribution in [0, 0.1) is 0 Å². The molecule has 0 heterocycles. The Morgan fingerprint density at radius 1 is 0.933 bits per heavy atom. The lowest BCUT2D eigenvalue weighted by atomic mass is 10.1. The van der Waals surface area contributed by atoms with E-state index in [0.29, 0.717) is 0 Å². The van der Waals surface area contributed by atoms with Gasteiger partial charge in [-0.05, 0) is 20.8 Å². The summed E-state index contributed by atoms with van der Waals surface area (Å²) < 4.78 is 10.4. The molecule has 0 unspecified atom stereocenters. The van der Waals surface area contributed by atoms with Crippen molar-refractivity contribution in [3.8, 4) is 11.5 Å². The smallest absolute Gasteiger partial charge is 0.124 e. The Morgan fingerprint density at radius 3 is 1.73 bits per heavy atom. The second kappa shape index (κ2) is 4.43. The molecule has 1 rings (SSSR count). The van der Waals surface area contributed by atoms with Gasteiger partial charge in [0.05, 0.1) is 14.2 Å². The lowest BCUT2D eigenvalue weighted by Gasteiger charge is -2.22. The Balaban J connectivity index is 2.97. The number of ether oxygens (including phenoxy) is 2. The maximum absolute atomic E-state index is 5.19. The third-order valence-electron chi connectivity index (χ3n) is 1.87. The molecule has 0 atom stereocenters. The summed E-state index contributed by atoms with van der Waals surface area (Å²) in [6.45, 7) is 6.33. The van der Waals surface area contributed by atoms with Gasteiger partial charge in [0.2, 0.25) is 0 Å². The highest BCUT2D eigenvalue weighted by Crippen LogP contribution is 2.27. The van der Waals surface area contributed by atoms with Gasteiger partial charge in [0, 0.05) is 29.4 Å². The third-order valence-corrected chi connectivity index (χ3v) is 1.87. The highest BCUT2D eigenvalue weighted by Gasteiger charge is 2.10. The second-order valence-electron chi connectivity index (χ2n) is 4.48. The van der Waals surface area contributed by atoms with Crippen LogP contribution in [0.4, 0.5) is 5.69 Å². The molecule has 0 saturated carbocycles. The highest BCUT2D eigenvalue weighted by atomic mass is 16.5. The van der Waals surface area contributed by atoms with Crippen molar-refractivity contribution in [2.45, 2.75) is 26.3 Å². The summed E-state index contributed by atoms with van der Waals surface area (Å²) in [6.07, 6.45) is 0. The number of methoxy groups -OCH3 is 2. The first kappa shape index (κ1) is 11.7. The number of nitrogens with one attached hydrogen (secondary N) is 1. The lowest BCUT2D eigenvalue weighted by molar-refractivity contribution is 0.394. The van der Waals surface area contributed by atoms with E-state index in [1.54, 1.807) is 14.2 Å². The van der Waals surface area contributed by atoms with Crippen LogP contribution in [-0.4, -0.2) is 19.8 Å². The molecule has 0 amide bonds. The highest BCUT2D eigenvalue weighted by molar-refractivity contribution is 5.54. The van der Waals surface area contributed by atoms with E-state index in [-0.39, 0.29) is 5.54 Å². The van der Waals surface area contributed by atoms with Crippen molar-refractivity contribution in [2.75, 3.05) is 19.5 Å². The zero-order chi connectivity index (χ0) is 11.5. The van der Waals surface area contributed by atoms with Crippen LogP contribution in [0.5, 0.6) is 11.5 Å². The fraction of sp³-hybridized carbons (Fsp3) is 0.500. The number of anilines is 1. The van der Waals surface area contributed by atoms with E-state index in [4.69, 9.17) is 9.47 Å². The molecule has 1 aromatic rings. The van der Waals surface area contributed by atoms with Crippen LogP contribution in [0.1, 0.15) is 20.8 Å². The lowest BCUT2D eigenvalue weighted by Crippen LogP contribution is -2.25. The van der Waals surface area contributed by atoms with Crippen LogP contribution in [-0.2, 0) is 0 Å². The first-order valence-corrected chi connectivity index (χ1v) is 4.96. The maximum atomic E-state index is 5.19. The first-order chi connectivity index (χ1) is 6.94. The minimum Gasteiger partial charge on any atom is -0.497 e. The van der Waals surface area contributed by atoms with Crippen LogP contribution >= 0.6 is 0 Å². The van der Waals surface area contributed by atoms with Gasteiger partial charge >= 0.3 is 0 Å². The fourth-order valence-corrected chi connectivity index (χ4v) is 1.31. The molecule has 0 aliphatic carbocycles. The van der Waals surface area contributed by atoms with Crippen molar-refractivity contribution in [3.63, 3.8) is 0 Å². The summed E-state index contributed by atoms with van der Waals surface area (Å²) in [5.41, 5.74) is 1.02. The number of hydrogen-bond acceptors (Lipinski definition) is 3. The summed E-state index contributed by atoms with van der Waals surface area (Å²) in [5, 5.41) is 3.37. The summed E-state index contributed by atoms with van der Waals surface area (Å²) in [5.74, 6) is 1.59. The third kappa shape index (κ3) is 3.70. The quantitative estimate of drug-likeness (QED) is 0.830. The standard InChI is InChI=1S/C12H19NO2/c1-12(2,3)13-9-6-10(14-4)8-11(7-9)15-5/h6-8,13H,1-5H3. The predicted molar refractivity (Wildman–Crippen MR) is 62.9 cm³/mol. The summed E-state index contributed by atoms with van der Waals surface area (Å²) in [4.78, 5) is 0. The predicted octanol–water partition coefficient (Wildman–Crippen LogP) is 2.91. The number of benzene rings is 1. The molecule has 84 valence electrons. The average Bonchev–Trinajstić information content (AvgIpc) is 2.14. The Kier molecular flexibility index (Phi) is 3.45. The number of rotatable bonds is 3. The zero-order valence-corrected chi connectivity index (χ0v) is 10.0. The molecule has 0 bridgehead atoms. The molecule has 0 fully saturated rings. The maximum Gasteiger partial charge on any atom is 0.124 e. The summed E-state index contributed by atoms with van der Waals surface area (Å²) in [6, 6.07) is 5.76. The molecule has 0 spiro atoms. The average molecular weight is 209 g/mol. The minimum atomic E-state index is 0.0252. The second-order valence-corrected chi connectivity index (χ2v) is 4.48. The Labute approximate surface area is 91.4 Å². The monoisotopic (exact) mass is 209 g/mol. The first-order valence-electron chi connectivity index (χ1n) is 4.96. The molecule has 0 aliphatic rings. The molecule has 1 aromatic carbocycles. The van der Waals surface area contributed by atoms with E-state index in [2.05, 4.69) is 26.1 Å².